The van der Waals surface area contributed by atoms with Gasteiger partial charge in [-0.3, -0.25) is 4.79 Å². The molecule has 0 N–H and O–H groups in total. The third-order valence-corrected chi connectivity index (χ3v) is 5.12. The standard InChI is InChI=1S/C21H19N3O2S/c1-3-12-26-17-7-5-4-6-16(17)13-18-20(25)24-21(27-18)22-19(23-24)15-10-8-14(2)9-11-15/h4-11,13H,3,12H2,1-2H3. The Kier molecular flexibility index (Phi) is 4.73. The Hall–Kier alpha value is -2.99. The maximum Gasteiger partial charge on any atom is 0.291 e. The average molecular weight is 377 g/mol. The summed E-state index contributed by atoms with van der Waals surface area (Å²) in [6, 6.07) is 15.7. The van der Waals surface area contributed by atoms with Crippen LogP contribution in [0, 0.1) is 6.92 Å². The number of aromatic nitrogens is 3. The Balaban J connectivity index is 1.75. The Morgan fingerprint density at radius 3 is 2.67 bits per heavy atom. The smallest absolute Gasteiger partial charge is 0.291 e. The first kappa shape index (κ1) is 17.4. The van der Waals surface area contributed by atoms with Gasteiger partial charge in [-0.15, -0.1) is 5.10 Å². The van der Waals surface area contributed by atoms with Gasteiger partial charge in [0.15, 0.2) is 5.82 Å². The van der Waals surface area contributed by atoms with Crippen molar-refractivity contribution in [2.45, 2.75) is 20.3 Å². The molecule has 4 aromatic rings. The number of ether oxygens (including phenoxy) is 1. The molecule has 2 aromatic carbocycles. The van der Waals surface area contributed by atoms with E-state index in [9.17, 15) is 4.79 Å². The fourth-order valence-electron chi connectivity index (χ4n) is 2.74. The fourth-order valence-corrected chi connectivity index (χ4v) is 3.64. The second-order valence-corrected chi connectivity index (χ2v) is 7.31. The molecule has 4 rings (SSSR count). The van der Waals surface area contributed by atoms with Crippen LogP contribution in [0.2, 0.25) is 0 Å². The molecule has 0 aliphatic carbocycles. The minimum absolute atomic E-state index is 0.161. The summed E-state index contributed by atoms with van der Waals surface area (Å²) in [6.07, 6.45) is 2.78. The normalized spacial score (nSPS) is 12.0. The van der Waals surface area contributed by atoms with Crippen molar-refractivity contribution in [3.63, 3.8) is 0 Å². The van der Waals surface area contributed by atoms with Gasteiger partial charge in [0.1, 0.15) is 5.75 Å². The summed E-state index contributed by atoms with van der Waals surface area (Å²) in [5.74, 6) is 1.34. The number of fused-ring (bicyclic) bond motifs is 1. The monoisotopic (exact) mass is 377 g/mol. The van der Waals surface area contributed by atoms with E-state index in [1.54, 1.807) is 0 Å². The molecule has 0 fully saturated rings. The molecule has 6 heteroatoms. The number of nitrogens with zero attached hydrogens (tertiary/aromatic N) is 3. The van der Waals surface area contributed by atoms with Crippen molar-refractivity contribution in [2.24, 2.45) is 0 Å². The van der Waals surface area contributed by atoms with Crippen LogP contribution < -0.4 is 14.8 Å². The van der Waals surface area contributed by atoms with Gasteiger partial charge in [-0.2, -0.15) is 9.50 Å². The van der Waals surface area contributed by atoms with Crippen molar-refractivity contribution in [1.29, 1.82) is 0 Å². The lowest BCUT2D eigenvalue weighted by molar-refractivity contribution is 0.317. The third kappa shape index (κ3) is 3.48. The molecule has 0 atom stereocenters. The summed E-state index contributed by atoms with van der Waals surface area (Å²) in [5, 5.41) is 4.40. The summed E-state index contributed by atoms with van der Waals surface area (Å²) >= 11 is 1.34. The van der Waals surface area contributed by atoms with Gasteiger partial charge >= 0.3 is 0 Å². The Bertz CT molecular complexity index is 1190. The molecule has 0 saturated heterocycles. The number of hydrogen-bond donors (Lipinski definition) is 0. The maximum absolute atomic E-state index is 12.8. The van der Waals surface area contributed by atoms with Gasteiger partial charge in [-0.25, -0.2) is 0 Å². The van der Waals surface area contributed by atoms with Crippen molar-refractivity contribution < 1.29 is 4.74 Å². The van der Waals surface area contributed by atoms with Crippen molar-refractivity contribution in [1.82, 2.24) is 14.6 Å². The summed E-state index contributed by atoms with van der Waals surface area (Å²) in [5.41, 5.74) is 2.79. The summed E-state index contributed by atoms with van der Waals surface area (Å²) < 4.78 is 7.74. The Labute approximate surface area is 160 Å². The molecule has 0 spiro atoms. The molecular weight excluding hydrogens is 358 g/mol. The highest BCUT2D eigenvalue weighted by atomic mass is 32.1. The van der Waals surface area contributed by atoms with Crippen molar-refractivity contribution in [3.8, 4) is 17.1 Å². The van der Waals surface area contributed by atoms with Crippen molar-refractivity contribution in [2.75, 3.05) is 6.61 Å². The minimum atomic E-state index is -0.161. The largest absolute Gasteiger partial charge is 0.493 e. The maximum atomic E-state index is 12.8. The van der Waals surface area contributed by atoms with E-state index in [1.165, 1.54) is 21.4 Å². The molecule has 0 amide bonds. The van der Waals surface area contributed by atoms with Gasteiger partial charge in [0.25, 0.3) is 5.56 Å². The molecule has 2 aromatic heterocycles. The van der Waals surface area contributed by atoms with Crippen LogP contribution in [0.25, 0.3) is 22.4 Å². The molecule has 5 nitrogen and oxygen atoms in total. The molecule has 0 saturated carbocycles. The van der Waals surface area contributed by atoms with E-state index in [1.807, 2.05) is 61.5 Å². The Morgan fingerprint density at radius 1 is 1.15 bits per heavy atom. The molecular formula is C21H19N3O2S. The lowest BCUT2D eigenvalue weighted by Gasteiger charge is -2.07. The number of hydrogen-bond acceptors (Lipinski definition) is 5. The first-order chi connectivity index (χ1) is 13.2. The number of aryl methyl sites for hydroxylation is 1. The third-order valence-electron chi connectivity index (χ3n) is 4.16. The quantitative estimate of drug-likeness (QED) is 0.534. The minimum Gasteiger partial charge on any atom is -0.493 e. The highest BCUT2D eigenvalue weighted by Crippen LogP contribution is 2.20. The lowest BCUT2D eigenvalue weighted by Crippen LogP contribution is -2.23. The van der Waals surface area contributed by atoms with E-state index in [0.29, 0.717) is 21.9 Å². The molecule has 0 aliphatic rings. The van der Waals surface area contributed by atoms with E-state index in [-0.39, 0.29) is 5.56 Å². The molecule has 136 valence electrons. The predicted molar refractivity (Wildman–Crippen MR) is 108 cm³/mol. The highest BCUT2D eigenvalue weighted by molar-refractivity contribution is 7.15. The van der Waals surface area contributed by atoms with Crippen molar-refractivity contribution >= 4 is 22.4 Å². The first-order valence-corrected chi connectivity index (χ1v) is 9.67. The number of para-hydroxylation sites is 1. The molecule has 2 heterocycles. The van der Waals surface area contributed by atoms with Crippen LogP contribution in [0.5, 0.6) is 5.75 Å². The Morgan fingerprint density at radius 2 is 1.93 bits per heavy atom. The van der Waals surface area contributed by atoms with Crippen LogP contribution in [0.15, 0.2) is 53.3 Å². The zero-order chi connectivity index (χ0) is 18.8. The van der Waals surface area contributed by atoms with Crippen LogP contribution in [-0.4, -0.2) is 21.2 Å². The predicted octanol–water partition coefficient (Wildman–Crippen LogP) is 3.46. The second kappa shape index (κ2) is 7.32. The summed E-state index contributed by atoms with van der Waals surface area (Å²) in [6.45, 7) is 4.74. The van der Waals surface area contributed by atoms with E-state index >= 15 is 0 Å². The molecule has 0 radical (unpaired) electrons. The van der Waals surface area contributed by atoms with E-state index in [2.05, 4.69) is 17.0 Å². The van der Waals surface area contributed by atoms with Crippen LogP contribution >= 0.6 is 11.3 Å². The molecule has 0 bridgehead atoms. The van der Waals surface area contributed by atoms with Gasteiger partial charge in [0.05, 0.1) is 11.1 Å². The van der Waals surface area contributed by atoms with E-state index in [4.69, 9.17) is 4.74 Å². The van der Waals surface area contributed by atoms with Crippen LogP contribution in [0.1, 0.15) is 24.5 Å². The van der Waals surface area contributed by atoms with E-state index < -0.39 is 0 Å². The summed E-state index contributed by atoms with van der Waals surface area (Å²) in [4.78, 5) is 17.9. The zero-order valence-electron chi connectivity index (χ0n) is 15.2. The molecule has 0 aliphatic heterocycles. The highest BCUT2D eigenvalue weighted by Gasteiger charge is 2.12. The number of rotatable bonds is 5. The van der Waals surface area contributed by atoms with Crippen molar-refractivity contribution in [3.05, 3.63) is 74.5 Å². The molecule has 27 heavy (non-hydrogen) atoms. The van der Waals surface area contributed by atoms with E-state index in [0.717, 1.165) is 23.3 Å². The molecule has 0 unspecified atom stereocenters. The van der Waals surface area contributed by atoms with Crippen LogP contribution in [0.3, 0.4) is 0 Å². The topological polar surface area (TPSA) is 56.5 Å². The van der Waals surface area contributed by atoms with Gasteiger partial charge in [-0.1, -0.05) is 66.3 Å². The fraction of sp³-hybridized carbons (Fsp3) is 0.190. The number of benzene rings is 2. The van der Waals surface area contributed by atoms with Crippen LogP contribution in [-0.2, 0) is 0 Å². The average Bonchev–Trinajstić information content (AvgIpc) is 3.21. The summed E-state index contributed by atoms with van der Waals surface area (Å²) in [7, 11) is 0. The SMILES string of the molecule is CCCOc1ccccc1C=c1sc2nc(-c3ccc(C)cc3)nn2c1=O. The van der Waals surface area contributed by atoms with Gasteiger partial charge in [0, 0.05) is 11.1 Å². The van der Waals surface area contributed by atoms with Gasteiger partial charge in [0.2, 0.25) is 4.96 Å². The lowest BCUT2D eigenvalue weighted by atomic mass is 10.1. The van der Waals surface area contributed by atoms with Gasteiger partial charge < -0.3 is 4.74 Å². The zero-order valence-corrected chi connectivity index (χ0v) is 16.0. The van der Waals surface area contributed by atoms with Gasteiger partial charge in [-0.05, 0) is 25.5 Å². The number of thiazole rings is 1. The first-order valence-electron chi connectivity index (χ1n) is 8.86. The second-order valence-electron chi connectivity index (χ2n) is 6.30. The van der Waals surface area contributed by atoms with Crippen LogP contribution in [0.4, 0.5) is 0 Å².